The summed E-state index contributed by atoms with van der Waals surface area (Å²) in [7, 11) is 0. The van der Waals surface area contributed by atoms with Gasteiger partial charge in [-0.25, -0.2) is 0 Å². The molecule has 1 heterocycles. The molecule has 1 aromatic heterocycles. The van der Waals surface area contributed by atoms with Crippen LogP contribution in [0, 0.1) is 11.8 Å². The molecule has 25 heavy (non-hydrogen) atoms. The van der Waals surface area contributed by atoms with Crippen molar-refractivity contribution in [1.82, 2.24) is 15.5 Å². The minimum absolute atomic E-state index is 0.154. The van der Waals surface area contributed by atoms with Crippen LogP contribution in [0.4, 0.5) is 0 Å². The Kier molecular flexibility index (Phi) is 4.75. The van der Waals surface area contributed by atoms with Crippen LogP contribution in [0.1, 0.15) is 44.4 Å². The van der Waals surface area contributed by atoms with Gasteiger partial charge in [0.05, 0.1) is 0 Å². The van der Waals surface area contributed by atoms with Crippen molar-refractivity contribution in [3.63, 3.8) is 0 Å². The normalized spacial score (nSPS) is 17.0. The second kappa shape index (κ2) is 7.16. The van der Waals surface area contributed by atoms with Gasteiger partial charge in [0.15, 0.2) is 0 Å². The van der Waals surface area contributed by atoms with E-state index in [1.54, 1.807) is 12.1 Å². The molecule has 0 spiro atoms. The zero-order valence-electron chi connectivity index (χ0n) is 14.1. The molecule has 0 radical (unpaired) electrons. The summed E-state index contributed by atoms with van der Waals surface area (Å²) < 4.78 is 5.28. The second-order valence-corrected chi connectivity index (χ2v) is 7.58. The summed E-state index contributed by atoms with van der Waals surface area (Å²) >= 11 is 5.88. The van der Waals surface area contributed by atoms with Crippen LogP contribution in [0.25, 0.3) is 11.4 Å². The largest absolute Gasteiger partial charge is 0.353 e. The zero-order chi connectivity index (χ0) is 17.2. The van der Waals surface area contributed by atoms with Crippen LogP contribution >= 0.6 is 11.6 Å². The van der Waals surface area contributed by atoms with Crippen molar-refractivity contribution in [2.75, 3.05) is 0 Å². The van der Waals surface area contributed by atoms with Crippen LogP contribution in [-0.2, 0) is 11.2 Å². The Morgan fingerprint density at radius 1 is 1.20 bits per heavy atom. The highest BCUT2D eigenvalue weighted by Gasteiger charge is 2.42. The Morgan fingerprint density at radius 2 is 1.88 bits per heavy atom. The lowest BCUT2D eigenvalue weighted by molar-refractivity contribution is -0.122. The second-order valence-electron chi connectivity index (χ2n) is 7.14. The molecule has 6 heteroatoms. The molecule has 2 fully saturated rings. The lowest BCUT2D eigenvalue weighted by atomic mass is 10.1. The minimum atomic E-state index is 0.154. The highest BCUT2D eigenvalue weighted by molar-refractivity contribution is 6.30. The molecule has 0 unspecified atom stereocenters. The van der Waals surface area contributed by atoms with Gasteiger partial charge in [-0.3, -0.25) is 4.79 Å². The Balaban J connectivity index is 1.24. The minimum Gasteiger partial charge on any atom is -0.353 e. The third-order valence-electron chi connectivity index (χ3n) is 4.95. The van der Waals surface area contributed by atoms with Gasteiger partial charge in [-0.1, -0.05) is 16.8 Å². The Hall–Kier alpha value is -1.88. The van der Waals surface area contributed by atoms with E-state index >= 15 is 0 Å². The maximum atomic E-state index is 12.2. The number of hydrogen-bond donors (Lipinski definition) is 1. The van der Waals surface area contributed by atoms with Crippen molar-refractivity contribution in [2.24, 2.45) is 11.8 Å². The number of aromatic nitrogens is 2. The van der Waals surface area contributed by atoms with Gasteiger partial charge >= 0.3 is 0 Å². The number of nitrogens with zero attached hydrogens (tertiary/aromatic N) is 2. The maximum Gasteiger partial charge on any atom is 0.226 e. The Labute approximate surface area is 152 Å². The SMILES string of the molecule is O=C(CCCc1nc(-c2ccc(Cl)cc2)no1)NC(C1CC1)C1CC1. The molecule has 0 aliphatic heterocycles. The van der Waals surface area contributed by atoms with Crippen LogP contribution in [0.15, 0.2) is 28.8 Å². The fraction of sp³-hybridized carbons (Fsp3) is 0.526. The molecule has 0 atom stereocenters. The quantitative estimate of drug-likeness (QED) is 0.773. The smallest absolute Gasteiger partial charge is 0.226 e. The van der Waals surface area contributed by atoms with Gasteiger partial charge < -0.3 is 9.84 Å². The van der Waals surface area contributed by atoms with Crippen LogP contribution in [0.2, 0.25) is 5.02 Å². The molecule has 2 aliphatic carbocycles. The van der Waals surface area contributed by atoms with Crippen molar-refractivity contribution in [2.45, 2.75) is 51.0 Å². The maximum absolute atomic E-state index is 12.2. The summed E-state index contributed by atoms with van der Waals surface area (Å²) in [6.45, 7) is 0. The summed E-state index contributed by atoms with van der Waals surface area (Å²) in [6, 6.07) is 7.74. The number of carbonyl (C=O) groups is 1. The predicted octanol–water partition coefficient (Wildman–Crippen LogP) is 4.02. The van der Waals surface area contributed by atoms with E-state index in [9.17, 15) is 4.79 Å². The number of nitrogens with one attached hydrogen (secondary N) is 1. The van der Waals surface area contributed by atoms with E-state index in [-0.39, 0.29) is 5.91 Å². The monoisotopic (exact) mass is 359 g/mol. The molecule has 0 bridgehead atoms. The van der Waals surface area contributed by atoms with Crippen LogP contribution in [0.5, 0.6) is 0 Å². The molecule has 2 saturated carbocycles. The summed E-state index contributed by atoms with van der Waals surface area (Å²) in [5.74, 6) is 2.74. The van der Waals surface area contributed by atoms with E-state index in [1.165, 1.54) is 25.7 Å². The van der Waals surface area contributed by atoms with Crippen LogP contribution in [0.3, 0.4) is 0 Å². The summed E-state index contributed by atoms with van der Waals surface area (Å²) in [4.78, 5) is 16.6. The molecule has 2 aromatic rings. The van der Waals surface area contributed by atoms with E-state index in [0.717, 1.165) is 23.8 Å². The third kappa shape index (κ3) is 4.40. The first-order valence-corrected chi connectivity index (χ1v) is 9.45. The fourth-order valence-corrected chi connectivity index (χ4v) is 3.39. The molecule has 1 N–H and O–H groups in total. The highest BCUT2D eigenvalue weighted by atomic mass is 35.5. The number of rotatable bonds is 8. The third-order valence-corrected chi connectivity index (χ3v) is 5.20. The van der Waals surface area contributed by atoms with Gasteiger partial charge in [0.2, 0.25) is 17.6 Å². The highest BCUT2D eigenvalue weighted by Crippen LogP contribution is 2.44. The number of amides is 1. The average molecular weight is 360 g/mol. The summed E-state index contributed by atoms with van der Waals surface area (Å²) in [6.07, 6.45) is 6.94. The molecule has 1 aromatic carbocycles. The molecular weight excluding hydrogens is 338 g/mol. The van der Waals surface area contributed by atoms with Crippen molar-refractivity contribution in [3.05, 3.63) is 35.2 Å². The number of halogens is 1. The van der Waals surface area contributed by atoms with Crippen LogP contribution < -0.4 is 5.32 Å². The van der Waals surface area contributed by atoms with Gasteiger partial charge in [0.1, 0.15) is 0 Å². The predicted molar refractivity (Wildman–Crippen MR) is 95.1 cm³/mol. The van der Waals surface area contributed by atoms with E-state index < -0.39 is 0 Å². The fourth-order valence-electron chi connectivity index (χ4n) is 3.26. The lowest BCUT2D eigenvalue weighted by Crippen LogP contribution is -2.37. The van der Waals surface area contributed by atoms with E-state index in [4.69, 9.17) is 16.1 Å². The van der Waals surface area contributed by atoms with E-state index in [0.29, 0.717) is 35.6 Å². The number of benzene rings is 1. The molecule has 1 amide bonds. The van der Waals surface area contributed by atoms with Crippen LogP contribution in [-0.4, -0.2) is 22.1 Å². The lowest BCUT2D eigenvalue weighted by Gasteiger charge is -2.17. The van der Waals surface area contributed by atoms with Gasteiger partial charge in [-0.2, -0.15) is 4.98 Å². The van der Waals surface area contributed by atoms with E-state index in [2.05, 4.69) is 15.5 Å². The van der Waals surface area contributed by atoms with Crippen molar-refractivity contribution < 1.29 is 9.32 Å². The average Bonchev–Trinajstić information content (AvgIpc) is 3.53. The van der Waals surface area contributed by atoms with Crippen molar-refractivity contribution >= 4 is 17.5 Å². The first-order valence-electron chi connectivity index (χ1n) is 9.07. The summed E-state index contributed by atoms with van der Waals surface area (Å²) in [5, 5.41) is 7.92. The molecule has 5 nitrogen and oxygen atoms in total. The molecule has 2 aliphatic rings. The number of carbonyl (C=O) groups excluding carboxylic acids is 1. The van der Waals surface area contributed by atoms with Gasteiger partial charge in [-0.15, -0.1) is 0 Å². The molecular formula is C19H22ClN3O2. The first kappa shape index (κ1) is 16.6. The Morgan fingerprint density at radius 3 is 2.52 bits per heavy atom. The molecule has 4 rings (SSSR count). The molecule has 132 valence electrons. The first-order chi connectivity index (χ1) is 12.2. The van der Waals surface area contributed by atoms with Crippen molar-refractivity contribution in [3.8, 4) is 11.4 Å². The van der Waals surface area contributed by atoms with Gasteiger partial charge in [0, 0.05) is 29.5 Å². The van der Waals surface area contributed by atoms with E-state index in [1.807, 2.05) is 12.1 Å². The topological polar surface area (TPSA) is 68.0 Å². The number of aryl methyl sites for hydroxylation is 1. The van der Waals surface area contributed by atoms with Crippen molar-refractivity contribution in [1.29, 1.82) is 0 Å². The van der Waals surface area contributed by atoms with Gasteiger partial charge in [0.25, 0.3) is 0 Å². The standard InChI is InChI=1S/C19H22ClN3O2/c20-15-10-8-14(9-11-15)19-22-17(25-23-19)3-1-2-16(24)21-18(12-4-5-12)13-6-7-13/h8-13,18H,1-7H2,(H,21,24). The Bertz CT molecular complexity index is 723. The zero-order valence-corrected chi connectivity index (χ0v) is 14.8. The molecule has 0 saturated heterocycles. The summed E-state index contributed by atoms with van der Waals surface area (Å²) in [5.41, 5.74) is 0.869. The van der Waals surface area contributed by atoms with Gasteiger partial charge in [-0.05, 0) is 68.2 Å². The number of hydrogen-bond acceptors (Lipinski definition) is 4.